The Morgan fingerprint density at radius 3 is 2.50 bits per heavy atom. The van der Waals surface area contributed by atoms with E-state index in [0.29, 0.717) is 63.5 Å². The van der Waals surface area contributed by atoms with Crippen molar-refractivity contribution in [3.8, 4) is 16.9 Å². The molecule has 0 bridgehead atoms. The summed E-state index contributed by atoms with van der Waals surface area (Å²) in [6.45, 7) is 4.18. The Bertz CT molecular complexity index is 1910. The fourth-order valence-electron chi connectivity index (χ4n) is 6.10. The second kappa shape index (κ2) is 10.4. The Labute approximate surface area is 250 Å². The molecule has 5 aromatic rings. The molecule has 0 N–H and O–H groups in total. The van der Waals surface area contributed by atoms with Crippen LogP contribution in [0.25, 0.3) is 22.0 Å². The van der Waals surface area contributed by atoms with Crippen molar-refractivity contribution < 1.29 is 22.7 Å². The molecule has 0 spiro atoms. The number of methoxy groups -OCH3 is 1. The van der Waals surface area contributed by atoms with E-state index in [4.69, 9.17) is 9.72 Å². The number of hydrogen-bond acceptors (Lipinski definition) is 7. The van der Waals surface area contributed by atoms with Crippen LogP contribution in [0.5, 0.6) is 5.75 Å². The highest BCUT2D eigenvalue weighted by molar-refractivity contribution is 6.12. The number of benzene rings is 2. The van der Waals surface area contributed by atoms with Gasteiger partial charge in [0.1, 0.15) is 17.4 Å². The van der Waals surface area contributed by atoms with Crippen LogP contribution in [0.15, 0.2) is 49.2 Å². The molecule has 1 fully saturated rings. The summed E-state index contributed by atoms with van der Waals surface area (Å²) in [4.78, 5) is 31.6. The van der Waals surface area contributed by atoms with Crippen LogP contribution in [0.1, 0.15) is 39.4 Å². The van der Waals surface area contributed by atoms with Gasteiger partial charge in [-0.15, -0.1) is 0 Å². The van der Waals surface area contributed by atoms with Crippen LogP contribution in [0.2, 0.25) is 0 Å². The highest BCUT2D eigenvalue weighted by Crippen LogP contribution is 2.42. The first-order chi connectivity index (χ1) is 21.1. The van der Waals surface area contributed by atoms with Crippen molar-refractivity contribution in [2.75, 3.05) is 36.5 Å². The first-order valence-corrected chi connectivity index (χ1v) is 14.3. The van der Waals surface area contributed by atoms with Gasteiger partial charge < -0.3 is 14.2 Å². The van der Waals surface area contributed by atoms with Crippen molar-refractivity contribution in [1.82, 2.24) is 29.3 Å². The molecule has 1 amide bonds. The summed E-state index contributed by atoms with van der Waals surface area (Å²) >= 11 is 0. The summed E-state index contributed by atoms with van der Waals surface area (Å²) < 4.78 is 51.0. The number of alkyl halides is 3. The van der Waals surface area contributed by atoms with Crippen LogP contribution < -0.4 is 14.5 Å². The van der Waals surface area contributed by atoms with Gasteiger partial charge in [-0.25, -0.2) is 15.0 Å². The lowest BCUT2D eigenvalue weighted by Gasteiger charge is -2.34. The molecule has 2 aliphatic rings. The second-order valence-corrected chi connectivity index (χ2v) is 11.2. The summed E-state index contributed by atoms with van der Waals surface area (Å²) in [7, 11) is 3.07. The summed E-state index contributed by atoms with van der Waals surface area (Å²) in [5.74, 6) is 1.26. The standard InChI is InChI=1S/C31H29F3N8O2/c1-18-36-25-14-26(41-7-4-8-41)27(44-3)13-23(25)29(37-18)42-9-5-20-21(24-16-39(2)38-28(24)31(32,33)34)11-19(12-22(20)30(42)43)15-40-10-6-35-17-40/h6,10-14,16-17H,4-5,7-9,15H2,1-3H3. The Morgan fingerprint density at radius 2 is 1.82 bits per heavy atom. The van der Waals surface area contributed by atoms with E-state index in [1.807, 2.05) is 12.1 Å². The van der Waals surface area contributed by atoms with Gasteiger partial charge in [0.05, 0.1) is 24.6 Å². The SMILES string of the molecule is COc1cc2c(N3CCc4c(cc(Cn5ccnc5)cc4-c4cn(C)nc4C(F)(F)F)C3=O)nc(C)nc2cc1N1CCC1. The summed E-state index contributed by atoms with van der Waals surface area (Å²) in [5.41, 5.74) is 2.46. The topological polar surface area (TPSA) is 94.2 Å². The zero-order valence-electron chi connectivity index (χ0n) is 24.4. The number of aryl methyl sites for hydroxylation is 2. The predicted molar refractivity (Wildman–Crippen MR) is 158 cm³/mol. The molecule has 0 aliphatic carbocycles. The Kier molecular flexibility index (Phi) is 6.56. The van der Waals surface area contributed by atoms with Gasteiger partial charge in [0.15, 0.2) is 5.69 Å². The second-order valence-electron chi connectivity index (χ2n) is 11.2. The normalized spacial score (nSPS) is 15.1. The van der Waals surface area contributed by atoms with E-state index >= 15 is 0 Å². The summed E-state index contributed by atoms with van der Waals surface area (Å²) in [6, 6.07) is 7.32. The van der Waals surface area contributed by atoms with E-state index in [9.17, 15) is 18.0 Å². The summed E-state index contributed by atoms with van der Waals surface area (Å²) in [5, 5.41) is 4.39. The molecular formula is C31H29F3N8O2. The van der Waals surface area contributed by atoms with Gasteiger partial charge in [-0.05, 0) is 60.7 Å². The van der Waals surface area contributed by atoms with Crippen LogP contribution in [0, 0.1) is 6.92 Å². The molecule has 0 radical (unpaired) electrons. The third-order valence-corrected chi connectivity index (χ3v) is 8.22. The number of rotatable bonds is 6. The van der Waals surface area contributed by atoms with Crippen molar-refractivity contribution in [3.05, 3.63) is 77.4 Å². The van der Waals surface area contributed by atoms with Crippen LogP contribution in [-0.2, 0) is 26.2 Å². The minimum Gasteiger partial charge on any atom is -0.495 e. The van der Waals surface area contributed by atoms with Crippen LogP contribution in [-0.4, -0.2) is 62.0 Å². The van der Waals surface area contributed by atoms with E-state index in [0.717, 1.165) is 29.9 Å². The van der Waals surface area contributed by atoms with Gasteiger partial charge in [-0.3, -0.25) is 14.4 Å². The van der Waals surface area contributed by atoms with Gasteiger partial charge in [0, 0.05) is 68.3 Å². The number of amides is 1. The molecule has 2 aromatic carbocycles. The van der Waals surface area contributed by atoms with Crippen molar-refractivity contribution in [1.29, 1.82) is 0 Å². The van der Waals surface area contributed by atoms with E-state index in [-0.39, 0.29) is 18.0 Å². The first-order valence-electron chi connectivity index (χ1n) is 14.3. The van der Waals surface area contributed by atoms with Gasteiger partial charge in [0.2, 0.25) is 0 Å². The Balaban J connectivity index is 1.38. The number of nitrogens with zero attached hydrogens (tertiary/aromatic N) is 8. The van der Waals surface area contributed by atoms with Crippen LogP contribution in [0.3, 0.4) is 0 Å². The number of halogens is 3. The maximum absolute atomic E-state index is 14.3. The predicted octanol–water partition coefficient (Wildman–Crippen LogP) is 5.02. The first kappa shape index (κ1) is 27.9. The van der Waals surface area contributed by atoms with Gasteiger partial charge in [0.25, 0.3) is 5.91 Å². The molecule has 226 valence electrons. The number of aromatic nitrogens is 6. The van der Waals surface area contributed by atoms with E-state index in [2.05, 4.69) is 20.0 Å². The summed E-state index contributed by atoms with van der Waals surface area (Å²) in [6.07, 6.45) is 3.12. The fraction of sp³-hybridized carbons (Fsp3) is 0.323. The van der Waals surface area contributed by atoms with E-state index in [1.54, 1.807) is 54.4 Å². The minimum absolute atomic E-state index is 0.0587. The van der Waals surface area contributed by atoms with E-state index in [1.165, 1.54) is 13.2 Å². The molecule has 5 heterocycles. The van der Waals surface area contributed by atoms with Crippen molar-refractivity contribution >= 4 is 28.3 Å². The average molecular weight is 603 g/mol. The fourth-order valence-corrected chi connectivity index (χ4v) is 6.10. The monoisotopic (exact) mass is 602 g/mol. The molecule has 0 atom stereocenters. The lowest BCUT2D eigenvalue weighted by Crippen LogP contribution is -2.39. The zero-order chi connectivity index (χ0) is 30.7. The molecule has 7 rings (SSSR count). The molecule has 0 unspecified atom stereocenters. The maximum atomic E-state index is 14.3. The third-order valence-electron chi connectivity index (χ3n) is 8.22. The molecule has 10 nitrogen and oxygen atoms in total. The highest BCUT2D eigenvalue weighted by Gasteiger charge is 2.39. The average Bonchev–Trinajstić information content (AvgIpc) is 3.61. The highest BCUT2D eigenvalue weighted by atomic mass is 19.4. The minimum atomic E-state index is -4.67. The number of carbonyl (C=O) groups excluding carboxylic acids is 1. The lowest BCUT2D eigenvalue weighted by atomic mass is 9.88. The maximum Gasteiger partial charge on any atom is 0.435 e. The van der Waals surface area contributed by atoms with Gasteiger partial charge in [-0.1, -0.05) is 0 Å². The molecular weight excluding hydrogens is 573 g/mol. The molecule has 0 saturated carbocycles. The molecule has 2 aliphatic heterocycles. The Morgan fingerprint density at radius 1 is 1.02 bits per heavy atom. The van der Waals surface area contributed by atoms with E-state index < -0.39 is 11.9 Å². The van der Waals surface area contributed by atoms with Crippen LogP contribution >= 0.6 is 0 Å². The number of hydrogen-bond donors (Lipinski definition) is 0. The molecule has 3 aromatic heterocycles. The van der Waals surface area contributed by atoms with Gasteiger partial charge >= 0.3 is 6.18 Å². The van der Waals surface area contributed by atoms with Crippen molar-refractivity contribution in [2.45, 2.75) is 32.5 Å². The Hall–Kier alpha value is -4.94. The molecule has 1 saturated heterocycles. The van der Waals surface area contributed by atoms with Crippen LogP contribution in [0.4, 0.5) is 24.7 Å². The van der Waals surface area contributed by atoms with Crippen molar-refractivity contribution in [2.24, 2.45) is 7.05 Å². The van der Waals surface area contributed by atoms with Gasteiger partial charge in [-0.2, -0.15) is 18.3 Å². The zero-order valence-corrected chi connectivity index (χ0v) is 24.4. The number of anilines is 2. The smallest absolute Gasteiger partial charge is 0.435 e. The number of carbonyl (C=O) groups is 1. The number of ether oxygens (including phenoxy) is 1. The third kappa shape index (κ3) is 4.72. The largest absolute Gasteiger partial charge is 0.495 e. The van der Waals surface area contributed by atoms with Crippen molar-refractivity contribution in [3.63, 3.8) is 0 Å². The molecule has 44 heavy (non-hydrogen) atoms. The lowest BCUT2D eigenvalue weighted by molar-refractivity contribution is -0.140. The number of fused-ring (bicyclic) bond motifs is 2. The number of imidazole rings is 1. The molecule has 13 heteroatoms. The quantitative estimate of drug-likeness (QED) is 0.269.